The number of nitrogens with zero attached hydrogens (tertiary/aromatic N) is 2. The van der Waals surface area contributed by atoms with Gasteiger partial charge in [-0.2, -0.15) is 0 Å². The minimum atomic E-state index is 0.480. The maximum atomic E-state index is 11.4. The number of nitrogens with one attached hydrogen (secondary N) is 1. The van der Waals surface area contributed by atoms with Crippen molar-refractivity contribution < 1.29 is 9.59 Å². The van der Waals surface area contributed by atoms with Crippen molar-refractivity contribution in [2.24, 2.45) is 0 Å². The number of rotatable bonds is 6. The fourth-order valence-corrected chi connectivity index (χ4v) is 3.31. The Morgan fingerprint density at radius 2 is 2.10 bits per heavy atom. The summed E-state index contributed by atoms with van der Waals surface area (Å²) in [6, 6.07) is 0.480. The molecule has 1 saturated heterocycles. The molecule has 5 heteroatoms. The molecule has 1 aliphatic heterocycles. The molecule has 1 unspecified atom stereocenters. The lowest BCUT2D eigenvalue weighted by Crippen LogP contribution is -2.33. The van der Waals surface area contributed by atoms with Crippen LogP contribution in [0.4, 0.5) is 5.69 Å². The van der Waals surface area contributed by atoms with Crippen LogP contribution < -0.4 is 5.32 Å². The Morgan fingerprint density at radius 1 is 1.35 bits per heavy atom. The molecule has 1 fully saturated rings. The standard InChI is InChI=1S/C15H23N3O2/c1-4-17-7-5-6-13(17)8-18-12(3)15(16-10-20)11(2)14(18)9-19/h9-10,13H,4-8H2,1-3H3,(H,16,20). The van der Waals surface area contributed by atoms with Gasteiger partial charge in [0, 0.05) is 23.8 Å². The summed E-state index contributed by atoms with van der Waals surface area (Å²) in [5.74, 6) is 0. The van der Waals surface area contributed by atoms with Gasteiger partial charge in [-0.05, 0) is 39.8 Å². The number of amides is 1. The van der Waals surface area contributed by atoms with Gasteiger partial charge in [0.25, 0.3) is 0 Å². The molecule has 2 rings (SSSR count). The largest absolute Gasteiger partial charge is 0.339 e. The normalized spacial score (nSPS) is 19.2. The Morgan fingerprint density at radius 3 is 2.70 bits per heavy atom. The predicted octanol–water partition coefficient (Wildman–Crippen LogP) is 1.97. The second-order valence-corrected chi connectivity index (χ2v) is 5.39. The highest BCUT2D eigenvalue weighted by atomic mass is 16.1. The Hall–Kier alpha value is -1.62. The third-order valence-corrected chi connectivity index (χ3v) is 4.43. The van der Waals surface area contributed by atoms with Crippen LogP contribution >= 0.6 is 0 Å². The molecule has 0 spiro atoms. The average Bonchev–Trinajstić information content (AvgIpc) is 2.98. The highest BCUT2D eigenvalue weighted by Gasteiger charge is 2.26. The molecule has 1 N–H and O–H groups in total. The van der Waals surface area contributed by atoms with E-state index in [1.807, 2.05) is 18.4 Å². The number of likely N-dealkylation sites (tertiary alicyclic amines) is 1. The number of carbonyl (C=O) groups excluding carboxylic acids is 2. The van der Waals surface area contributed by atoms with Crippen LogP contribution in [-0.2, 0) is 11.3 Å². The zero-order valence-electron chi connectivity index (χ0n) is 12.5. The van der Waals surface area contributed by atoms with Gasteiger partial charge >= 0.3 is 0 Å². The molecule has 20 heavy (non-hydrogen) atoms. The number of aldehydes is 1. The quantitative estimate of drug-likeness (QED) is 0.809. The summed E-state index contributed by atoms with van der Waals surface area (Å²) in [6.45, 7) is 9.00. The first-order valence-corrected chi connectivity index (χ1v) is 7.23. The second kappa shape index (κ2) is 6.22. The zero-order valence-corrected chi connectivity index (χ0v) is 12.5. The van der Waals surface area contributed by atoms with Gasteiger partial charge in [-0.3, -0.25) is 14.5 Å². The minimum Gasteiger partial charge on any atom is -0.339 e. The van der Waals surface area contributed by atoms with Crippen LogP contribution in [0.25, 0.3) is 0 Å². The first-order valence-electron chi connectivity index (χ1n) is 7.23. The van der Waals surface area contributed by atoms with E-state index in [9.17, 15) is 9.59 Å². The summed E-state index contributed by atoms with van der Waals surface area (Å²) < 4.78 is 2.05. The first-order chi connectivity index (χ1) is 9.63. The number of anilines is 1. The van der Waals surface area contributed by atoms with Crippen LogP contribution in [0.2, 0.25) is 0 Å². The SMILES string of the molecule is CCN1CCCC1Cn1c(C)c(NC=O)c(C)c1C=O. The van der Waals surface area contributed by atoms with Crippen molar-refractivity contribution in [2.45, 2.75) is 46.2 Å². The van der Waals surface area contributed by atoms with Crippen molar-refractivity contribution in [1.82, 2.24) is 9.47 Å². The zero-order chi connectivity index (χ0) is 14.7. The van der Waals surface area contributed by atoms with Gasteiger partial charge in [0.05, 0.1) is 11.4 Å². The van der Waals surface area contributed by atoms with Gasteiger partial charge in [0.2, 0.25) is 6.41 Å². The van der Waals surface area contributed by atoms with Crippen molar-refractivity contribution >= 4 is 18.4 Å². The Bertz CT molecular complexity index is 508. The van der Waals surface area contributed by atoms with Crippen molar-refractivity contribution in [2.75, 3.05) is 18.4 Å². The van der Waals surface area contributed by atoms with Crippen LogP contribution in [0, 0.1) is 13.8 Å². The molecule has 0 radical (unpaired) electrons. The molecular formula is C15H23N3O2. The van der Waals surface area contributed by atoms with Crippen LogP contribution in [0.1, 0.15) is 41.5 Å². The fourth-order valence-electron chi connectivity index (χ4n) is 3.31. The minimum absolute atomic E-state index is 0.480. The summed E-state index contributed by atoms with van der Waals surface area (Å²) >= 11 is 0. The monoisotopic (exact) mass is 277 g/mol. The molecular weight excluding hydrogens is 254 g/mol. The summed E-state index contributed by atoms with van der Waals surface area (Å²) in [5, 5.41) is 2.72. The molecule has 1 atom stereocenters. The molecule has 1 aromatic heterocycles. The molecule has 2 heterocycles. The number of hydrogen-bond donors (Lipinski definition) is 1. The van der Waals surface area contributed by atoms with E-state index in [1.54, 1.807) is 0 Å². The van der Waals surface area contributed by atoms with Crippen molar-refractivity contribution in [3.63, 3.8) is 0 Å². The van der Waals surface area contributed by atoms with Crippen molar-refractivity contribution in [1.29, 1.82) is 0 Å². The number of hydrogen-bond acceptors (Lipinski definition) is 3. The summed E-state index contributed by atoms with van der Waals surface area (Å²) in [4.78, 5) is 24.6. The lowest BCUT2D eigenvalue weighted by molar-refractivity contribution is -0.105. The van der Waals surface area contributed by atoms with Gasteiger partial charge in [-0.1, -0.05) is 6.92 Å². The first kappa shape index (κ1) is 14.8. The Kier molecular flexibility index (Phi) is 4.60. The van der Waals surface area contributed by atoms with E-state index in [-0.39, 0.29) is 0 Å². The van der Waals surface area contributed by atoms with Gasteiger partial charge in [-0.25, -0.2) is 0 Å². The maximum Gasteiger partial charge on any atom is 0.211 e. The third-order valence-electron chi connectivity index (χ3n) is 4.43. The van der Waals surface area contributed by atoms with Gasteiger partial charge in [0.15, 0.2) is 6.29 Å². The van der Waals surface area contributed by atoms with E-state index in [2.05, 4.69) is 17.1 Å². The Labute approximate surface area is 119 Å². The number of aromatic nitrogens is 1. The average molecular weight is 277 g/mol. The fraction of sp³-hybridized carbons (Fsp3) is 0.600. The molecule has 1 amide bonds. The van der Waals surface area contributed by atoms with Crippen LogP contribution in [0.3, 0.4) is 0 Å². The summed E-state index contributed by atoms with van der Waals surface area (Å²) in [5.41, 5.74) is 3.25. The topological polar surface area (TPSA) is 54.3 Å². The molecule has 0 aromatic carbocycles. The summed E-state index contributed by atoms with van der Waals surface area (Å²) in [7, 11) is 0. The van der Waals surface area contributed by atoms with E-state index in [1.165, 1.54) is 12.8 Å². The highest BCUT2D eigenvalue weighted by molar-refractivity contribution is 5.84. The maximum absolute atomic E-state index is 11.4. The summed E-state index contributed by atoms with van der Waals surface area (Å²) in [6.07, 6.45) is 3.94. The van der Waals surface area contributed by atoms with Crippen molar-refractivity contribution in [3.05, 3.63) is 17.0 Å². The number of carbonyl (C=O) groups is 2. The van der Waals surface area contributed by atoms with Crippen molar-refractivity contribution in [3.8, 4) is 0 Å². The van der Waals surface area contributed by atoms with E-state index in [0.29, 0.717) is 18.1 Å². The third kappa shape index (κ3) is 2.50. The molecule has 1 aliphatic rings. The van der Waals surface area contributed by atoms with Gasteiger partial charge in [0.1, 0.15) is 0 Å². The highest BCUT2D eigenvalue weighted by Crippen LogP contribution is 2.28. The molecule has 110 valence electrons. The Balaban J connectivity index is 2.33. The second-order valence-electron chi connectivity index (χ2n) is 5.39. The van der Waals surface area contributed by atoms with Gasteiger partial charge in [-0.15, -0.1) is 0 Å². The molecule has 5 nitrogen and oxygen atoms in total. The van der Waals surface area contributed by atoms with E-state index in [4.69, 9.17) is 0 Å². The van der Waals surface area contributed by atoms with Crippen LogP contribution in [0.15, 0.2) is 0 Å². The molecule has 0 bridgehead atoms. The van der Waals surface area contributed by atoms with Crippen LogP contribution in [-0.4, -0.2) is 41.3 Å². The lowest BCUT2D eigenvalue weighted by atomic mass is 10.2. The van der Waals surface area contributed by atoms with E-state index >= 15 is 0 Å². The molecule has 1 aromatic rings. The predicted molar refractivity (Wildman–Crippen MR) is 79.2 cm³/mol. The smallest absolute Gasteiger partial charge is 0.211 e. The van der Waals surface area contributed by atoms with E-state index in [0.717, 1.165) is 42.9 Å². The molecule has 0 saturated carbocycles. The van der Waals surface area contributed by atoms with Gasteiger partial charge < -0.3 is 9.88 Å². The number of likely N-dealkylation sites (N-methyl/N-ethyl adjacent to an activating group) is 1. The molecule has 0 aliphatic carbocycles. The van der Waals surface area contributed by atoms with E-state index < -0.39 is 0 Å². The van der Waals surface area contributed by atoms with Crippen LogP contribution in [0.5, 0.6) is 0 Å². The lowest BCUT2D eigenvalue weighted by Gasteiger charge is -2.24.